The van der Waals surface area contributed by atoms with Gasteiger partial charge in [-0.15, -0.1) is 23.5 Å². The second kappa shape index (κ2) is 6.13. The first-order valence-corrected chi connectivity index (χ1v) is 8.75. The molecule has 4 heteroatoms. The maximum atomic E-state index is 4.51. The van der Waals surface area contributed by atoms with Crippen molar-refractivity contribution in [2.45, 2.75) is 12.3 Å². The van der Waals surface area contributed by atoms with Crippen LogP contribution in [0.15, 0.2) is 29.3 Å². The predicted molar refractivity (Wildman–Crippen MR) is 83.3 cm³/mol. The van der Waals surface area contributed by atoms with Crippen LogP contribution in [0.3, 0.4) is 0 Å². The van der Waals surface area contributed by atoms with Gasteiger partial charge in [-0.25, -0.2) is 0 Å². The summed E-state index contributed by atoms with van der Waals surface area (Å²) in [4.78, 5) is 7.08. The van der Waals surface area contributed by atoms with E-state index in [2.05, 4.69) is 63.9 Å². The van der Waals surface area contributed by atoms with Crippen molar-refractivity contribution in [3.05, 3.63) is 29.8 Å². The first-order chi connectivity index (χ1) is 8.93. The van der Waals surface area contributed by atoms with Crippen molar-refractivity contribution in [2.24, 2.45) is 4.99 Å². The van der Waals surface area contributed by atoms with E-state index in [0.717, 1.165) is 0 Å². The third kappa shape index (κ3) is 2.92. The highest BCUT2D eigenvalue weighted by atomic mass is 32.2. The Morgan fingerprint density at radius 1 is 1.17 bits per heavy atom. The molecule has 2 aliphatic rings. The van der Waals surface area contributed by atoms with Crippen molar-refractivity contribution in [2.75, 3.05) is 29.8 Å². The number of fused-ring (bicyclic) bond motifs is 1. The van der Waals surface area contributed by atoms with Crippen LogP contribution in [0.4, 0.5) is 5.69 Å². The van der Waals surface area contributed by atoms with Crippen molar-refractivity contribution in [1.82, 2.24) is 4.90 Å². The third-order valence-electron chi connectivity index (χ3n) is 3.41. The van der Waals surface area contributed by atoms with Crippen LogP contribution in [0, 0.1) is 0 Å². The smallest absolute Gasteiger partial charge is 0.0664 e. The Morgan fingerprint density at radius 3 is 2.78 bits per heavy atom. The number of rotatable bonds is 3. The zero-order chi connectivity index (χ0) is 12.2. The highest BCUT2D eigenvalue weighted by Crippen LogP contribution is 2.33. The summed E-state index contributed by atoms with van der Waals surface area (Å²) in [6.45, 7) is 1.19. The summed E-state index contributed by atoms with van der Waals surface area (Å²) in [6.07, 6.45) is 3.32. The highest BCUT2D eigenvalue weighted by Gasteiger charge is 2.19. The summed E-state index contributed by atoms with van der Waals surface area (Å²) in [6, 6.07) is 8.53. The number of nitrogens with zero attached hydrogens (tertiary/aromatic N) is 2. The first-order valence-electron chi connectivity index (χ1n) is 6.44. The zero-order valence-corrected chi connectivity index (χ0v) is 12.1. The molecule has 1 unspecified atom stereocenters. The van der Waals surface area contributed by atoms with E-state index in [-0.39, 0.29) is 0 Å². The van der Waals surface area contributed by atoms with Crippen LogP contribution in [0.2, 0.25) is 0 Å². The fraction of sp³-hybridized carbons (Fsp3) is 0.500. The molecule has 0 radical (unpaired) electrons. The van der Waals surface area contributed by atoms with E-state index >= 15 is 0 Å². The van der Waals surface area contributed by atoms with Crippen molar-refractivity contribution < 1.29 is 0 Å². The van der Waals surface area contributed by atoms with Crippen LogP contribution in [-0.4, -0.2) is 40.9 Å². The van der Waals surface area contributed by atoms with E-state index in [1.165, 1.54) is 47.5 Å². The largest absolute Gasteiger partial charge is 0.285 e. The summed E-state index contributed by atoms with van der Waals surface area (Å²) < 4.78 is 0. The fourth-order valence-corrected chi connectivity index (χ4v) is 4.67. The summed E-state index contributed by atoms with van der Waals surface area (Å²) in [5.74, 6) is 5.51. The molecular formula is C14H18N2S2. The summed E-state index contributed by atoms with van der Waals surface area (Å²) >= 11 is 4.13. The monoisotopic (exact) mass is 278 g/mol. The molecular weight excluding hydrogens is 260 g/mol. The number of hydrogen-bond donors (Lipinski definition) is 0. The lowest BCUT2D eigenvalue weighted by atomic mass is 9.98. The van der Waals surface area contributed by atoms with Gasteiger partial charge in [-0.2, -0.15) is 0 Å². The second-order valence-corrected chi connectivity index (χ2v) is 6.85. The lowest BCUT2D eigenvalue weighted by molar-refractivity contribution is 0.369. The Hall–Kier alpha value is -0.450. The molecule has 0 spiro atoms. The Balaban J connectivity index is 1.56. The third-order valence-corrected chi connectivity index (χ3v) is 5.75. The molecule has 0 aromatic heterocycles. The van der Waals surface area contributed by atoms with Crippen LogP contribution in [0.5, 0.6) is 0 Å². The van der Waals surface area contributed by atoms with Gasteiger partial charge in [0, 0.05) is 41.9 Å². The lowest BCUT2D eigenvalue weighted by Crippen LogP contribution is -2.24. The van der Waals surface area contributed by atoms with Crippen LogP contribution in [0.1, 0.15) is 17.9 Å². The van der Waals surface area contributed by atoms with Gasteiger partial charge in [-0.05, 0) is 18.1 Å². The van der Waals surface area contributed by atoms with E-state index in [1.54, 1.807) is 0 Å². The molecule has 0 amide bonds. The molecule has 96 valence electrons. The minimum atomic E-state index is 0.527. The van der Waals surface area contributed by atoms with Crippen LogP contribution in [-0.2, 0) is 0 Å². The molecule has 2 nitrogen and oxygen atoms in total. The second-order valence-electron chi connectivity index (χ2n) is 4.70. The lowest BCUT2D eigenvalue weighted by Gasteiger charge is -2.20. The van der Waals surface area contributed by atoms with Crippen molar-refractivity contribution in [1.29, 1.82) is 0 Å². The van der Waals surface area contributed by atoms with Gasteiger partial charge in [0.15, 0.2) is 0 Å². The highest BCUT2D eigenvalue weighted by molar-refractivity contribution is 8.03. The molecule has 1 aromatic carbocycles. The molecule has 3 rings (SSSR count). The Bertz CT molecular complexity index is 426. The van der Waals surface area contributed by atoms with Crippen LogP contribution >= 0.6 is 23.5 Å². The fourth-order valence-electron chi connectivity index (χ4n) is 2.39. The SMILES string of the molecule is C1=Nc2ccccc2C1CCN1CSCCSC1. The van der Waals surface area contributed by atoms with E-state index < -0.39 is 0 Å². The predicted octanol–water partition coefficient (Wildman–Crippen LogP) is 3.57. The molecule has 1 fully saturated rings. The molecule has 2 heterocycles. The summed E-state index contributed by atoms with van der Waals surface area (Å²) in [7, 11) is 0. The molecule has 0 saturated carbocycles. The van der Waals surface area contributed by atoms with E-state index in [1.807, 2.05) is 0 Å². The Morgan fingerprint density at radius 2 is 1.94 bits per heavy atom. The molecule has 18 heavy (non-hydrogen) atoms. The Kier molecular flexibility index (Phi) is 4.28. The average Bonchev–Trinajstić information content (AvgIpc) is 2.64. The minimum absolute atomic E-state index is 0.527. The van der Waals surface area contributed by atoms with Gasteiger partial charge in [0.1, 0.15) is 0 Å². The van der Waals surface area contributed by atoms with Gasteiger partial charge >= 0.3 is 0 Å². The van der Waals surface area contributed by atoms with Crippen molar-refractivity contribution in [3.63, 3.8) is 0 Å². The van der Waals surface area contributed by atoms with Gasteiger partial charge in [0.25, 0.3) is 0 Å². The maximum Gasteiger partial charge on any atom is 0.0664 e. The molecule has 1 aromatic rings. The number of thioether (sulfide) groups is 2. The van der Waals surface area contributed by atoms with Crippen molar-refractivity contribution >= 4 is 35.4 Å². The number of benzene rings is 1. The van der Waals surface area contributed by atoms with Gasteiger partial charge in [-0.3, -0.25) is 9.89 Å². The normalized spacial score (nSPS) is 23.9. The number of para-hydroxylation sites is 1. The first kappa shape index (κ1) is 12.6. The molecule has 1 atom stereocenters. The molecule has 0 bridgehead atoms. The Labute approximate surface area is 117 Å². The summed E-state index contributed by atoms with van der Waals surface area (Å²) in [5, 5.41) is 0. The average molecular weight is 278 g/mol. The number of hydrogen-bond acceptors (Lipinski definition) is 4. The maximum absolute atomic E-state index is 4.51. The van der Waals surface area contributed by atoms with Crippen LogP contribution < -0.4 is 0 Å². The molecule has 2 aliphatic heterocycles. The van der Waals surface area contributed by atoms with E-state index in [4.69, 9.17) is 0 Å². The molecule has 0 N–H and O–H groups in total. The van der Waals surface area contributed by atoms with E-state index in [0.29, 0.717) is 5.92 Å². The van der Waals surface area contributed by atoms with E-state index in [9.17, 15) is 0 Å². The van der Waals surface area contributed by atoms with Gasteiger partial charge in [0.2, 0.25) is 0 Å². The minimum Gasteiger partial charge on any atom is -0.285 e. The zero-order valence-electron chi connectivity index (χ0n) is 10.4. The van der Waals surface area contributed by atoms with Crippen LogP contribution in [0.25, 0.3) is 0 Å². The quantitative estimate of drug-likeness (QED) is 0.840. The molecule has 0 aliphatic carbocycles. The topological polar surface area (TPSA) is 15.6 Å². The van der Waals surface area contributed by atoms with Gasteiger partial charge in [-0.1, -0.05) is 18.2 Å². The van der Waals surface area contributed by atoms with Crippen molar-refractivity contribution in [3.8, 4) is 0 Å². The summed E-state index contributed by atoms with van der Waals surface area (Å²) in [5.41, 5.74) is 2.58. The standard InChI is InChI=1S/C14H18N2S2/c1-2-4-14-13(3-1)12(9-15-14)5-6-16-10-17-7-8-18-11-16/h1-4,9,12H,5-8,10-11H2. The molecule has 1 saturated heterocycles. The van der Waals surface area contributed by atoms with Gasteiger partial charge < -0.3 is 0 Å². The van der Waals surface area contributed by atoms with Gasteiger partial charge in [0.05, 0.1) is 5.69 Å². The number of aliphatic imine (C=N–C) groups is 1.